The third kappa shape index (κ3) is 18.3. The van der Waals surface area contributed by atoms with E-state index in [-0.39, 0.29) is 5.56 Å². The molecule has 27 heteroatoms. The number of alkyl halides is 1. The van der Waals surface area contributed by atoms with E-state index in [4.69, 9.17) is 43.7 Å². The monoisotopic (exact) mass is 2200 g/mol. The predicted molar refractivity (Wildman–Crippen MR) is 645 cm³/mol. The quantitative estimate of drug-likeness (QED) is 0.0475. The van der Waals surface area contributed by atoms with Gasteiger partial charge in [0.2, 0.25) is 11.8 Å². The molecule has 0 atom stereocenters. The molecule has 8 aromatic heterocycles. The first-order chi connectivity index (χ1) is 72.6. The number of hydrogen-bond donors (Lipinski definition) is 5. The Hall–Kier alpha value is -13.7. The van der Waals surface area contributed by atoms with Gasteiger partial charge in [0.25, 0.3) is 5.56 Å². The number of carbonyl (C=O) groups excluding carboxylic acids is 2. The van der Waals surface area contributed by atoms with Gasteiger partial charge in [-0.15, -0.1) is 56.7 Å². The van der Waals surface area contributed by atoms with Gasteiger partial charge in [-0.1, -0.05) is 327 Å². The predicted octanol–water partition coefficient (Wildman–Crippen LogP) is 34.8. The molecule has 1 aliphatic rings. The van der Waals surface area contributed by atoms with E-state index in [1.807, 2.05) is 137 Å². The number of aromatic nitrogens is 3. The van der Waals surface area contributed by atoms with Crippen LogP contribution in [0.3, 0.4) is 0 Å². The number of nitrogens with two attached hydrogens (primary N) is 2. The lowest BCUT2D eigenvalue weighted by Gasteiger charge is -2.32. The summed E-state index contributed by atoms with van der Waals surface area (Å²) in [6.45, 7) is 8.36. The molecular formula is C122H84B2BrCl4FN5O8PS5. The van der Waals surface area contributed by atoms with E-state index in [0.29, 0.717) is 21.7 Å². The lowest BCUT2D eigenvalue weighted by Crippen LogP contribution is -2.41. The summed E-state index contributed by atoms with van der Waals surface area (Å²) in [7, 11) is -2.98. The first-order valence-electron chi connectivity index (χ1n) is 48.2. The molecule has 1 saturated heterocycles. The van der Waals surface area contributed by atoms with Crippen LogP contribution in [0, 0.1) is 0 Å². The van der Waals surface area contributed by atoms with Gasteiger partial charge in [-0.05, 0) is 198 Å². The third-order valence-corrected chi connectivity index (χ3v) is 34.7. The van der Waals surface area contributed by atoms with E-state index in [2.05, 4.69) is 331 Å². The molecule has 9 heterocycles. The Balaban J connectivity index is 0.000000102. The number of primary amides is 2. The van der Waals surface area contributed by atoms with Crippen molar-refractivity contribution in [1.82, 2.24) is 15.0 Å². The van der Waals surface area contributed by atoms with Crippen LogP contribution >= 0.6 is 123 Å². The topological polar surface area (TPSA) is 221 Å². The molecule has 2 amide bonds. The van der Waals surface area contributed by atoms with Crippen molar-refractivity contribution in [3.8, 4) is 11.1 Å². The van der Waals surface area contributed by atoms with Crippen LogP contribution in [0.2, 0.25) is 5.15 Å². The van der Waals surface area contributed by atoms with Gasteiger partial charge in [-0.3, -0.25) is 28.3 Å². The molecule has 1 aliphatic heterocycles. The van der Waals surface area contributed by atoms with E-state index < -0.39 is 49.6 Å². The van der Waals surface area contributed by atoms with Crippen molar-refractivity contribution >= 4 is 380 Å². The number of nitrogens with zero attached hydrogens (tertiary/aromatic N) is 2. The average molecular weight is 2200 g/mol. The van der Waals surface area contributed by atoms with Crippen LogP contribution < -0.4 is 28.1 Å². The second-order valence-electron chi connectivity index (χ2n) is 36.8. The molecule has 13 nitrogen and oxygen atoms in total. The molecule has 728 valence electrons. The Morgan fingerprint density at radius 2 is 0.691 bits per heavy atom. The zero-order valence-corrected chi connectivity index (χ0v) is 89.4. The van der Waals surface area contributed by atoms with Crippen LogP contribution in [0.25, 0.3) is 231 Å². The minimum absolute atomic E-state index is 0.0304. The second kappa shape index (κ2) is 41.0. The number of H-pyrrole nitrogens is 1. The standard InChI is InChI=1S/C29H24BNO2S.C23H12ClNS.C23H13NOS.C23H15NOS.C16H11BO2S.C7H6BrNO.CH3F.Cl3OP/c1-28(2)29(3,4)33-30(32-28)27-20-14-8-5-11-17(20)23-24-21-15-9-10-16-22(21)34-26(24)19-13-7-6-12-18(19)25(23)31-27;24-23-16-10-4-1-7-13(16)19-20-17-11-5-6-12-18(17)26-22(20)15-9-3-2-8-14(15)21(19)25-23;25-23-16-10-4-1-7-13(16)19-20-17-11-5-6-12-18(17)26-22(20)15-9-3-2-8-14(15)21(19)24-23;24-23(25)17-10-4-3-9-16(17)19-13-14-7-1-2-8-15(14)22-21(19)18-11-5-6-12-20(18)26-22;18-17(19)13-9-10-5-1-2-6-11(10)16-15(13)12-7-3-4-8-14(12)20-16;8-6-4-2-1-3-5(6)7(9)10;1-2;1-5(2,3)4/h5-16H,1-4H3;1-12H;1-12H,(H,24,25);1-13H,(H2,24,25);1-9,18-19H;1-4H,(H2,9,10);1H3;/i;;;;;;1D;. The number of benzene rings is 20. The highest BCUT2D eigenvalue weighted by Gasteiger charge is 2.53. The maximum atomic E-state index is 12.7. The SMILES string of the molecule is CC1(C)OB(c2nc3c4ccccc4c4sc5ccccc5c4c3c3ccccc23)OC1(C)C.Clc1nc2c3ccccc3c3sc4ccccc4c3c2c2ccccc12.NC(=O)c1ccccc1-c1cc2ccccc2c2sc3ccccc3c12.NC(=O)c1ccccc1Br.O=P(Cl)(Cl)Cl.O=c1[nH]c2c3ccccc3c3sc4ccccc4c3c2c2ccccc12.OB(O)c1cc2ccccc2c2sc3ccccc3c12.[2H]CF. The Labute approximate surface area is 901 Å². The summed E-state index contributed by atoms with van der Waals surface area (Å²) in [5.41, 5.74) is 17.2. The van der Waals surface area contributed by atoms with E-state index in [9.17, 15) is 33.4 Å². The number of nitrogens with one attached hydrogen (secondary N) is 1. The molecule has 149 heavy (non-hydrogen) atoms. The first kappa shape index (κ1) is 98.6. The molecule has 28 aromatic rings. The molecule has 1 fully saturated rings. The number of thiophene rings is 5. The van der Waals surface area contributed by atoms with Gasteiger partial charge in [-0.25, -0.2) is 4.98 Å². The van der Waals surface area contributed by atoms with E-state index in [1.165, 1.54) is 139 Å². The number of fused-ring (bicyclic) bond motifs is 40. The van der Waals surface area contributed by atoms with E-state index in [0.717, 1.165) is 102 Å². The van der Waals surface area contributed by atoms with Crippen LogP contribution in [-0.4, -0.2) is 69.4 Å². The van der Waals surface area contributed by atoms with Crippen LogP contribution in [0.5, 0.6) is 0 Å². The highest BCUT2D eigenvalue weighted by Crippen LogP contribution is 2.61. The fraction of sp³-hybridized carbons (Fsp3) is 0.0574. The van der Waals surface area contributed by atoms with E-state index >= 15 is 0 Å². The molecule has 0 aliphatic carbocycles. The van der Waals surface area contributed by atoms with Crippen LogP contribution in [0.1, 0.15) is 49.8 Å². The maximum Gasteiger partial charge on any atom is 0.515 e. The normalized spacial score (nSPS) is 12.9. The highest BCUT2D eigenvalue weighted by atomic mass is 79.9. The summed E-state index contributed by atoms with van der Waals surface area (Å²) in [4.78, 5) is 48.7. The molecule has 0 saturated carbocycles. The number of halogens is 6. The summed E-state index contributed by atoms with van der Waals surface area (Å²) < 4.78 is 51.3. The molecule has 0 unspecified atom stereocenters. The number of aromatic amines is 1. The Morgan fingerprint density at radius 3 is 1.13 bits per heavy atom. The first-order valence-corrected chi connectivity index (χ1v) is 57.2. The zero-order valence-electron chi connectivity index (χ0n) is 80.8. The zero-order chi connectivity index (χ0) is 104. The molecular weight excluding hydrogens is 2120 g/mol. The average Bonchev–Trinajstić information content (AvgIpc) is 1.51. The minimum Gasteiger partial charge on any atom is -0.423 e. The minimum atomic E-state index is -3.22. The van der Waals surface area contributed by atoms with Crippen LogP contribution in [0.4, 0.5) is 4.39 Å². The summed E-state index contributed by atoms with van der Waals surface area (Å²) in [5.74, 6) is -0.811. The second-order valence-corrected chi connectivity index (χ2v) is 49.9. The van der Waals surface area contributed by atoms with Crippen molar-refractivity contribution in [3.05, 3.63) is 407 Å². The molecule has 0 radical (unpaired) electrons. The Kier molecular flexibility index (Phi) is 27.1. The van der Waals surface area contributed by atoms with Gasteiger partial charge in [-0.2, -0.15) is 0 Å². The molecule has 7 N–H and O–H groups in total. The third-order valence-electron chi connectivity index (χ3n) is 27.7. The molecule has 20 aromatic carbocycles. The number of carbonyl (C=O) groups is 2. The largest absolute Gasteiger partial charge is 0.515 e. The van der Waals surface area contributed by atoms with Crippen molar-refractivity contribution in [2.24, 2.45) is 11.5 Å². The van der Waals surface area contributed by atoms with Crippen molar-refractivity contribution in [2.75, 3.05) is 7.15 Å². The van der Waals surface area contributed by atoms with E-state index in [1.54, 1.807) is 46.9 Å². The fourth-order valence-corrected chi connectivity index (χ4v) is 27.6. The summed E-state index contributed by atoms with van der Waals surface area (Å²) in [6, 6.07) is 128. The number of hydrogen-bond acceptors (Lipinski definition) is 15. The Bertz CT molecular complexity index is 10500. The van der Waals surface area contributed by atoms with Gasteiger partial charge in [0.05, 0.1) is 47.4 Å². The number of pyridine rings is 3. The summed E-state index contributed by atoms with van der Waals surface area (Å²) in [6.07, 6.45) is 0. The molecule has 0 bridgehead atoms. The van der Waals surface area contributed by atoms with Gasteiger partial charge < -0.3 is 35.8 Å². The Morgan fingerprint density at radius 1 is 0.383 bits per heavy atom. The molecule has 0 spiro atoms. The molecule has 29 rings (SSSR count). The van der Waals surface area contributed by atoms with Crippen LogP contribution in [-0.2, 0) is 13.9 Å². The van der Waals surface area contributed by atoms with Crippen molar-refractivity contribution in [3.63, 3.8) is 0 Å². The lowest BCUT2D eigenvalue weighted by atomic mass is 9.76. The van der Waals surface area contributed by atoms with Gasteiger partial charge >= 0.3 is 19.4 Å². The summed E-state index contributed by atoms with van der Waals surface area (Å²) in [5, 5.41) is 50.4. The smallest absolute Gasteiger partial charge is 0.423 e. The van der Waals surface area contributed by atoms with Crippen LogP contribution in [0.15, 0.2) is 385 Å². The van der Waals surface area contributed by atoms with Crippen molar-refractivity contribution in [1.29, 1.82) is 0 Å². The maximum absolute atomic E-state index is 12.7. The number of rotatable bonds is 5. The summed E-state index contributed by atoms with van der Waals surface area (Å²) >= 11 is 32.7. The highest BCUT2D eigenvalue weighted by molar-refractivity contribution is 9.10. The van der Waals surface area contributed by atoms with Crippen molar-refractivity contribution in [2.45, 2.75) is 38.9 Å². The van der Waals surface area contributed by atoms with Crippen molar-refractivity contribution < 1.29 is 39.3 Å². The van der Waals surface area contributed by atoms with Gasteiger partial charge in [0.1, 0.15) is 5.15 Å². The lowest BCUT2D eigenvalue weighted by molar-refractivity contribution is 0.00578. The number of amides is 2. The fourth-order valence-electron chi connectivity index (χ4n) is 20.6. The van der Waals surface area contributed by atoms with Gasteiger partial charge in [0.15, 0.2) is 0 Å². The van der Waals surface area contributed by atoms with Gasteiger partial charge in [0, 0.05) is 170 Å².